The summed E-state index contributed by atoms with van der Waals surface area (Å²) in [6, 6.07) is 4.43. The van der Waals surface area contributed by atoms with Crippen LogP contribution in [0.15, 0.2) is 48.9 Å². The third-order valence-corrected chi connectivity index (χ3v) is 8.10. The van der Waals surface area contributed by atoms with E-state index in [0.29, 0.717) is 57.1 Å². The van der Waals surface area contributed by atoms with Crippen LogP contribution < -0.4 is 15.8 Å². The van der Waals surface area contributed by atoms with Crippen molar-refractivity contribution < 1.29 is 45.4 Å². The van der Waals surface area contributed by atoms with E-state index in [9.17, 15) is 35.9 Å². The maximum Gasteiger partial charge on any atom is 0.573 e. The highest BCUT2D eigenvalue weighted by Gasteiger charge is 2.45. The lowest BCUT2D eigenvalue weighted by Crippen LogP contribution is -2.55. The van der Waals surface area contributed by atoms with Gasteiger partial charge in [0, 0.05) is 48.7 Å². The number of imidazole rings is 1. The first-order valence-corrected chi connectivity index (χ1v) is 14.4. The lowest BCUT2D eigenvalue weighted by Gasteiger charge is -2.42. The molecule has 0 unspecified atom stereocenters. The van der Waals surface area contributed by atoms with Gasteiger partial charge < -0.3 is 25.4 Å². The van der Waals surface area contributed by atoms with E-state index < -0.39 is 41.0 Å². The van der Waals surface area contributed by atoms with E-state index >= 15 is 0 Å². The number of fused-ring (bicyclic) bond motifs is 1. The Hall–Kier alpha value is -4.93. The number of aromatic nitrogens is 4. The zero-order valence-electron chi connectivity index (χ0n) is 24.7. The molecule has 0 aliphatic carbocycles. The fraction of sp³-hybridized carbons (Fsp3) is 0.367. The number of nitrogens with two attached hydrogens (primary N) is 1. The van der Waals surface area contributed by atoms with Crippen LogP contribution >= 0.6 is 0 Å². The number of pyridine rings is 1. The highest BCUT2D eigenvalue weighted by atomic mass is 19.4. The van der Waals surface area contributed by atoms with Gasteiger partial charge in [0.05, 0.1) is 24.2 Å². The highest BCUT2D eigenvalue weighted by molar-refractivity contribution is 6.04. The molecular weight excluding hydrogens is 636 g/mol. The number of carbonyl (C=O) groups excluding carboxylic acids is 2. The van der Waals surface area contributed by atoms with E-state index in [2.05, 4.69) is 20.0 Å². The second-order valence-corrected chi connectivity index (χ2v) is 11.6. The van der Waals surface area contributed by atoms with Gasteiger partial charge in [-0.2, -0.15) is 13.2 Å². The zero-order chi connectivity index (χ0) is 33.7. The smallest absolute Gasteiger partial charge is 0.405 e. The van der Waals surface area contributed by atoms with Gasteiger partial charge in [-0.3, -0.25) is 14.0 Å². The molecule has 4 aromatic rings. The Bertz CT molecular complexity index is 1850. The molecule has 47 heavy (non-hydrogen) atoms. The SMILES string of the molecule is CC1(C(=O)N2CCC[C@@H](c3nc(-c4ccc(C(=O)Nc5cc(C(F)(F)F)ccn5)cc4OC(F)(F)F)c4c(N)nccn34)C2)COC1. The molecule has 1 aromatic carbocycles. The maximum atomic E-state index is 13.7. The van der Waals surface area contributed by atoms with Crippen LogP contribution in [0.2, 0.25) is 0 Å². The number of likely N-dealkylation sites (tertiary alicyclic amines) is 1. The van der Waals surface area contributed by atoms with E-state index in [1.165, 1.54) is 18.3 Å². The van der Waals surface area contributed by atoms with Gasteiger partial charge in [-0.05, 0) is 50.1 Å². The molecule has 1 atom stereocenters. The second kappa shape index (κ2) is 11.7. The number of hydrogen-bond acceptors (Lipinski definition) is 8. The first kappa shape index (κ1) is 32.0. The molecule has 3 aromatic heterocycles. The molecule has 11 nitrogen and oxygen atoms in total. The number of anilines is 2. The van der Waals surface area contributed by atoms with Crippen molar-refractivity contribution in [2.45, 2.75) is 38.2 Å². The number of benzene rings is 1. The maximum absolute atomic E-state index is 13.7. The van der Waals surface area contributed by atoms with Gasteiger partial charge in [-0.25, -0.2) is 15.0 Å². The summed E-state index contributed by atoms with van der Waals surface area (Å²) in [5.74, 6) is -2.27. The molecule has 17 heteroatoms. The Labute approximate surface area is 262 Å². The lowest BCUT2D eigenvalue weighted by atomic mass is 9.85. The van der Waals surface area contributed by atoms with E-state index in [0.717, 1.165) is 12.3 Å². The minimum Gasteiger partial charge on any atom is -0.405 e. The number of carbonyl (C=O) groups is 2. The van der Waals surface area contributed by atoms with Crippen LogP contribution in [-0.4, -0.2) is 68.7 Å². The van der Waals surface area contributed by atoms with Crippen LogP contribution in [0.3, 0.4) is 0 Å². The Kier molecular flexibility index (Phi) is 7.97. The summed E-state index contributed by atoms with van der Waals surface area (Å²) in [5.41, 5.74) is 4.14. The Morgan fingerprint density at radius 1 is 1.09 bits per heavy atom. The first-order valence-electron chi connectivity index (χ1n) is 14.4. The van der Waals surface area contributed by atoms with E-state index in [4.69, 9.17) is 15.5 Å². The number of rotatable bonds is 6. The summed E-state index contributed by atoms with van der Waals surface area (Å²) >= 11 is 0. The quantitative estimate of drug-likeness (QED) is 0.266. The van der Waals surface area contributed by atoms with Crippen molar-refractivity contribution in [2.75, 3.05) is 37.4 Å². The van der Waals surface area contributed by atoms with Crippen LogP contribution in [0.1, 0.15) is 47.4 Å². The van der Waals surface area contributed by atoms with Crippen molar-refractivity contribution in [1.29, 1.82) is 0 Å². The molecule has 0 saturated carbocycles. The van der Waals surface area contributed by atoms with Gasteiger partial charge in [0.2, 0.25) is 5.91 Å². The largest absolute Gasteiger partial charge is 0.573 e. The molecule has 2 aliphatic rings. The molecule has 0 bridgehead atoms. The molecule has 2 amide bonds. The van der Waals surface area contributed by atoms with Crippen molar-refractivity contribution in [3.8, 4) is 17.0 Å². The third kappa shape index (κ3) is 6.39. The zero-order valence-corrected chi connectivity index (χ0v) is 24.7. The average molecular weight is 664 g/mol. The number of hydrogen-bond donors (Lipinski definition) is 2. The van der Waals surface area contributed by atoms with Gasteiger partial charge >= 0.3 is 12.5 Å². The average Bonchev–Trinajstić information content (AvgIpc) is 3.39. The molecule has 2 saturated heterocycles. The summed E-state index contributed by atoms with van der Waals surface area (Å²) in [5, 5.41) is 2.16. The van der Waals surface area contributed by atoms with E-state index in [-0.39, 0.29) is 40.0 Å². The molecule has 0 spiro atoms. The van der Waals surface area contributed by atoms with Crippen molar-refractivity contribution in [2.24, 2.45) is 5.41 Å². The highest BCUT2D eigenvalue weighted by Crippen LogP contribution is 2.41. The number of nitrogens with one attached hydrogen (secondary N) is 1. The number of amides is 2. The van der Waals surface area contributed by atoms with Gasteiger partial charge in [-0.15, -0.1) is 13.2 Å². The normalized spacial score (nSPS) is 18.1. The van der Waals surface area contributed by atoms with Gasteiger partial charge in [0.1, 0.15) is 34.4 Å². The molecule has 2 fully saturated rings. The van der Waals surface area contributed by atoms with Crippen LogP contribution in [0.25, 0.3) is 16.8 Å². The third-order valence-electron chi connectivity index (χ3n) is 8.10. The number of ether oxygens (including phenoxy) is 2. The van der Waals surface area contributed by atoms with Crippen molar-refractivity contribution in [1.82, 2.24) is 24.3 Å². The lowest BCUT2D eigenvalue weighted by molar-refractivity contribution is -0.274. The standard InChI is InChI=1S/C30H27F6N7O4/c1-28(14-46-15-28)27(45)42-9-2-3-17(13-42)25-41-22(23-24(37)39-8-10-43(23)25)19-5-4-16(11-20(19)47-30(34,35)36)26(44)40-21-12-18(6-7-38-21)29(31,32)33/h4-8,10-12,17H,2-3,9,13-15H2,1H3,(H2,37,39)(H,38,40,44)/t17-/m1/s1. The molecular formula is C30H27F6N7O4. The van der Waals surface area contributed by atoms with Crippen molar-refractivity contribution in [3.05, 3.63) is 65.9 Å². The Balaban J connectivity index is 1.37. The summed E-state index contributed by atoms with van der Waals surface area (Å²) in [6.45, 7) is 3.31. The summed E-state index contributed by atoms with van der Waals surface area (Å²) < 4.78 is 91.5. The summed E-state index contributed by atoms with van der Waals surface area (Å²) in [4.78, 5) is 40.4. The molecule has 0 radical (unpaired) electrons. The van der Waals surface area contributed by atoms with Gasteiger partial charge in [0.25, 0.3) is 5.91 Å². The molecule has 5 heterocycles. The number of nitrogen functional groups attached to an aromatic ring is 1. The van der Waals surface area contributed by atoms with E-state index in [1.54, 1.807) is 15.5 Å². The summed E-state index contributed by atoms with van der Waals surface area (Å²) in [6.07, 6.45) is -4.80. The monoisotopic (exact) mass is 663 g/mol. The molecule has 2 aliphatic heterocycles. The molecule has 3 N–H and O–H groups in total. The number of nitrogens with zero attached hydrogens (tertiary/aromatic N) is 5. The fourth-order valence-corrected chi connectivity index (χ4v) is 5.78. The predicted molar refractivity (Wildman–Crippen MR) is 154 cm³/mol. The van der Waals surface area contributed by atoms with Crippen molar-refractivity contribution in [3.63, 3.8) is 0 Å². The first-order chi connectivity index (χ1) is 22.1. The number of halogens is 6. The fourth-order valence-electron chi connectivity index (χ4n) is 5.78. The van der Waals surface area contributed by atoms with Crippen LogP contribution in [0.5, 0.6) is 5.75 Å². The Morgan fingerprint density at radius 2 is 1.85 bits per heavy atom. The van der Waals surface area contributed by atoms with Crippen molar-refractivity contribution >= 4 is 29.0 Å². The Morgan fingerprint density at radius 3 is 2.53 bits per heavy atom. The number of alkyl halides is 6. The van der Waals surface area contributed by atoms with Crippen LogP contribution in [0, 0.1) is 5.41 Å². The summed E-state index contributed by atoms with van der Waals surface area (Å²) in [7, 11) is 0. The topological polar surface area (TPSA) is 137 Å². The van der Waals surface area contributed by atoms with E-state index in [1.807, 2.05) is 6.92 Å². The minimum absolute atomic E-state index is 0.0147. The van der Waals surface area contributed by atoms with Gasteiger partial charge in [-0.1, -0.05) is 0 Å². The molecule has 6 rings (SSSR count). The molecule has 248 valence electrons. The second-order valence-electron chi connectivity index (χ2n) is 11.6. The minimum atomic E-state index is -5.19. The van der Waals surface area contributed by atoms with Crippen LogP contribution in [0.4, 0.5) is 38.0 Å². The number of piperidine rings is 1. The van der Waals surface area contributed by atoms with Crippen LogP contribution in [-0.2, 0) is 15.7 Å². The predicted octanol–water partition coefficient (Wildman–Crippen LogP) is 5.29. The van der Waals surface area contributed by atoms with Gasteiger partial charge in [0.15, 0.2) is 0 Å².